The van der Waals surface area contributed by atoms with Gasteiger partial charge in [0.2, 0.25) is 0 Å². The summed E-state index contributed by atoms with van der Waals surface area (Å²) in [6.07, 6.45) is 3.54. The topological polar surface area (TPSA) is 122 Å². The largest absolute Gasteiger partial charge is 0.494 e. The number of methoxy groups -OCH3 is 2. The standard InChI is InChI=1S/C23H26N6O4S2/c1-14-10-24-19(25-11-14)9-16(3)35(30,31)13-20-27-28-22(23-26-15(2)12-34-23)29(20)21-17(32-4)7-6-8-18(21)33-5/h6-8,10-12,16H,9,13H2,1-5H3/t16-/m0/s1. The Hall–Kier alpha value is -3.38. The van der Waals surface area contributed by atoms with Crippen molar-refractivity contribution in [3.63, 3.8) is 0 Å². The average Bonchev–Trinajstić information content (AvgIpc) is 3.45. The second kappa shape index (κ2) is 10.1. The molecule has 10 nitrogen and oxygen atoms in total. The van der Waals surface area contributed by atoms with Gasteiger partial charge in [0.1, 0.15) is 28.8 Å². The van der Waals surface area contributed by atoms with Crippen LogP contribution in [0.1, 0.15) is 29.8 Å². The lowest BCUT2D eigenvalue weighted by molar-refractivity contribution is 0.391. The second-order valence-corrected chi connectivity index (χ2v) is 11.4. The van der Waals surface area contributed by atoms with Crippen molar-refractivity contribution in [3.05, 3.63) is 58.9 Å². The number of para-hydroxylation sites is 1. The maximum absolute atomic E-state index is 13.4. The van der Waals surface area contributed by atoms with Crippen molar-refractivity contribution in [3.8, 4) is 28.0 Å². The quantitative estimate of drug-likeness (QED) is 0.331. The Morgan fingerprint density at radius 2 is 1.71 bits per heavy atom. The van der Waals surface area contributed by atoms with Crippen LogP contribution < -0.4 is 9.47 Å². The fourth-order valence-corrected chi connectivity index (χ4v) is 5.53. The molecule has 0 fully saturated rings. The normalized spacial score (nSPS) is 12.5. The van der Waals surface area contributed by atoms with Crippen LogP contribution in [0.15, 0.2) is 36.0 Å². The van der Waals surface area contributed by atoms with E-state index in [1.165, 1.54) is 25.6 Å². The molecule has 35 heavy (non-hydrogen) atoms. The highest BCUT2D eigenvalue weighted by Crippen LogP contribution is 2.37. The molecule has 4 rings (SSSR count). The molecule has 4 aromatic rings. The summed E-state index contributed by atoms with van der Waals surface area (Å²) >= 11 is 1.40. The summed E-state index contributed by atoms with van der Waals surface area (Å²) in [7, 11) is -0.582. The van der Waals surface area contributed by atoms with Crippen LogP contribution >= 0.6 is 11.3 Å². The van der Waals surface area contributed by atoms with E-state index in [1.54, 1.807) is 42.1 Å². The van der Waals surface area contributed by atoms with Crippen molar-refractivity contribution in [1.29, 1.82) is 0 Å². The summed E-state index contributed by atoms with van der Waals surface area (Å²) in [5.41, 5.74) is 2.24. The molecule has 184 valence electrons. The van der Waals surface area contributed by atoms with Gasteiger partial charge in [-0.3, -0.25) is 4.57 Å². The number of hydrogen-bond donors (Lipinski definition) is 0. The lowest BCUT2D eigenvalue weighted by atomic mass is 10.2. The van der Waals surface area contributed by atoms with Crippen LogP contribution in [0.2, 0.25) is 0 Å². The fourth-order valence-electron chi connectivity index (χ4n) is 3.52. The van der Waals surface area contributed by atoms with Gasteiger partial charge in [-0.05, 0) is 38.5 Å². The van der Waals surface area contributed by atoms with Crippen LogP contribution in [0.5, 0.6) is 11.5 Å². The number of hydrogen-bond acceptors (Lipinski definition) is 10. The number of nitrogens with zero attached hydrogens (tertiary/aromatic N) is 6. The maximum atomic E-state index is 13.4. The number of aryl methyl sites for hydroxylation is 2. The minimum Gasteiger partial charge on any atom is -0.494 e. The average molecular weight is 515 g/mol. The summed E-state index contributed by atoms with van der Waals surface area (Å²) in [5, 5.41) is 10.4. The number of aromatic nitrogens is 6. The molecule has 0 amide bonds. The van der Waals surface area contributed by atoms with Gasteiger partial charge in [-0.15, -0.1) is 21.5 Å². The van der Waals surface area contributed by atoms with Gasteiger partial charge in [0.25, 0.3) is 0 Å². The highest BCUT2D eigenvalue weighted by Gasteiger charge is 2.29. The first kappa shape index (κ1) is 24.7. The van der Waals surface area contributed by atoms with E-state index in [1.807, 2.05) is 19.2 Å². The van der Waals surface area contributed by atoms with Crippen LogP contribution in [0.25, 0.3) is 16.5 Å². The van der Waals surface area contributed by atoms with E-state index < -0.39 is 15.1 Å². The first-order valence-electron chi connectivity index (χ1n) is 10.8. The van der Waals surface area contributed by atoms with Crippen molar-refractivity contribution < 1.29 is 17.9 Å². The van der Waals surface area contributed by atoms with Gasteiger partial charge < -0.3 is 9.47 Å². The van der Waals surface area contributed by atoms with Crippen LogP contribution in [0.4, 0.5) is 0 Å². The fraction of sp³-hybridized carbons (Fsp3) is 0.348. The molecule has 0 unspecified atom stereocenters. The molecular formula is C23H26N6O4S2. The molecule has 1 aromatic carbocycles. The molecule has 12 heteroatoms. The third kappa shape index (κ3) is 5.17. The van der Waals surface area contributed by atoms with Gasteiger partial charge in [-0.2, -0.15) is 0 Å². The molecule has 1 atom stereocenters. The summed E-state index contributed by atoms with van der Waals surface area (Å²) < 4.78 is 39.6. The molecular weight excluding hydrogens is 488 g/mol. The Balaban J connectivity index is 1.79. The van der Waals surface area contributed by atoms with Crippen LogP contribution in [0.3, 0.4) is 0 Å². The predicted molar refractivity (Wildman–Crippen MR) is 133 cm³/mol. The van der Waals surface area contributed by atoms with Crippen molar-refractivity contribution in [2.75, 3.05) is 14.2 Å². The minimum atomic E-state index is -3.66. The van der Waals surface area contributed by atoms with E-state index in [0.29, 0.717) is 33.8 Å². The van der Waals surface area contributed by atoms with Crippen LogP contribution in [-0.4, -0.2) is 57.6 Å². The molecule has 0 saturated heterocycles. The van der Waals surface area contributed by atoms with Crippen molar-refractivity contribution >= 4 is 21.2 Å². The SMILES string of the molecule is COc1cccc(OC)c1-n1c(CS(=O)(=O)[C@@H](C)Cc2ncc(C)cn2)nnc1-c1nc(C)cs1. The highest BCUT2D eigenvalue weighted by atomic mass is 32.2. The zero-order valence-corrected chi connectivity index (χ0v) is 21.7. The number of ether oxygens (including phenoxy) is 2. The number of sulfone groups is 1. The van der Waals surface area contributed by atoms with Crippen molar-refractivity contribution in [1.82, 2.24) is 29.7 Å². The molecule has 3 heterocycles. The Kier molecular flexibility index (Phi) is 7.13. The summed E-state index contributed by atoms with van der Waals surface area (Å²) in [6, 6.07) is 5.33. The zero-order chi connectivity index (χ0) is 25.2. The monoisotopic (exact) mass is 514 g/mol. The first-order valence-corrected chi connectivity index (χ1v) is 13.4. The van der Waals surface area contributed by atoms with E-state index >= 15 is 0 Å². The predicted octanol–water partition coefficient (Wildman–Crippen LogP) is 3.36. The Bertz CT molecular complexity index is 1410. The third-order valence-electron chi connectivity index (χ3n) is 5.41. The van der Waals surface area contributed by atoms with Gasteiger partial charge in [-0.1, -0.05) is 6.07 Å². The number of thiazole rings is 1. The number of benzene rings is 1. The van der Waals surface area contributed by atoms with E-state index in [4.69, 9.17) is 9.47 Å². The Morgan fingerprint density at radius 1 is 1.06 bits per heavy atom. The van der Waals surface area contributed by atoms with E-state index in [2.05, 4.69) is 25.1 Å². The summed E-state index contributed by atoms with van der Waals surface area (Å²) in [5.74, 6) is 1.73. The third-order valence-corrected chi connectivity index (χ3v) is 8.42. The summed E-state index contributed by atoms with van der Waals surface area (Å²) in [6.45, 7) is 5.41. The molecule has 0 N–H and O–H groups in total. The first-order chi connectivity index (χ1) is 16.7. The van der Waals surface area contributed by atoms with Gasteiger partial charge in [-0.25, -0.2) is 23.4 Å². The molecule has 0 radical (unpaired) electrons. The van der Waals surface area contributed by atoms with E-state index in [-0.39, 0.29) is 18.0 Å². The molecule has 0 saturated carbocycles. The van der Waals surface area contributed by atoms with Crippen LogP contribution in [0, 0.1) is 13.8 Å². The Labute approximate surface area is 208 Å². The molecule has 0 aliphatic carbocycles. The maximum Gasteiger partial charge on any atom is 0.197 e. The molecule has 0 aliphatic rings. The highest BCUT2D eigenvalue weighted by molar-refractivity contribution is 7.91. The van der Waals surface area contributed by atoms with Gasteiger partial charge in [0.15, 0.2) is 26.5 Å². The lowest BCUT2D eigenvalue weighted by Crippen LogP contribution is -2.24. The molecule has 0 aliphatic heterocycles. The Morgan fingerprint density at radius 3 is 2.29 bits per heavy atom. The molecule has 3 aromatic heterocycles. The number of rotatable bonds is 9. The second-order valence-electron chi connectivity index (χ2n) is 8.08. The van der Waals surface area contributed by atoms with E-state index in [0.717, 1.165) is 11.3 Å². The van der Waals surface area contributed by atoms with Crippen molar-refractivity contribution in [2.45, 2.75) is 38.2 Å². The molecule has 0 bridgehead atoms. The smallest absolute Gasteiger partial charge is 0.197 e. The van der Waals surface area contributed by atoms with E-state index in [9.17, 15) is 8.42 Å². The van der Waals surface area contributed by atoms with Crippen molar-refractivity contribution in [2.24, 2.45) is 0 Å². The lowest BCUT2D eigenvalue weighted by Gasteiger charge is -2.17. The zero-order valence-electron chi connectivity index (χ0n) is 20.1. The molecule has 0 spiro atoms. The van der Waals surface area contributed by atoms with Crippen LogP contribution in [-0.2, 0) is 22.0 Å². The summed E-state index contributed by atoms with van der Waals surface area (Å²) in [4.78, 5) is 13.0. The van der Waals surface area contributed by atoms with Gasteiger partial charge in [0.05, 0.1) is 19.5 Å². The van der Waals surface area contributed by atoms with Gasteiger partial charge >= 0.3 is 0 Å². The minimum absolute atomic E-state index is 0.188. The van der Waals surface area contributed by atoms with Gasteiger partial charge in [0, 0.05) is 29.9 Å².